The molecule has 2 aromatic rings. The summed E-state index contributed by atoms with van der Waals surface area (Å²) in [6.45, 7) is 13.9. The van der Waals surface area contributed by atoms with Crippen molar-refractivity contribution in [3.63, 3.8) is 0 Å². The van der Waals surface area contributed by atoms with Crippen LogP contribution in [0.4, 0.5) is 0 Å². The van der Waals surface area contributed by atoms with Gasteiger partial charge in [-0.15, -0.1) is 0 Å². The zero-order chi connectivity index (χ0) is 24.9. The standard InChI is InChI=1S/C26H30O.C8H12/c1-4-20(26(27)6-3)14-19-10-12-23-22-11-9-18(13-17-7-8-17)15-24(22)21(5-2)25(23)16-19;1-3-7(2)8-5-4-6-8/h6,9-12,15-17,20-21H,3-5,7-8,13-14H2,1-2H3;3H,1,4-6H2,2H3. The molecule has 0 saturated heterocycles. The van der Waals surface area contributed by atoms with Crippen molar-refractivity contribution in [1.29, 1.82) is 0 Å². The average molecular weight is 467 g/mol. The van der Waals surface area contributed by atoms with Gasteiger partial charge in [-0.05, 0) is 110 Å². The molecule has 0 amide bonds. The smallest absolute Gasteiger partial charge is 0.158 e. The number of carbonyl (C=O) groups is 1. The van der Waals surface area contributed by atoms with Gasteiger partial charge in [0.25, 0.3) is 0 Å². The molecule has 0 heterocycles. The van der Waals surface area contributed by atoms with Gasteiger partial charge in [0.15, 0.2) is 5.78 Å². The van der Waals surface area contributed by atoms with E-state index in [1.807, 2.05) is 6.08 Å². The maximum absolute atomic E-state index is 12.1. The molecule has 1 heteroatoms. The van der Waals surface area contributed by atoms with Crippen LogP contribution in [0.3, 0.4) is 0 Å². The van der Waals surface area contributed by atoms with Crippen molar-refractivity contribution in [2.24, 2.45) is 11.8 Å². The van der Waals surface area contributed by atoms with Crippen LogP contribution >= 0.6 is 0 Å². The van der Waals surface area contributed by atoms with Crippen LogP contribution in [0, 0.1) is 11.8 Å². The van der Waals surface area contributed by atoms with Gasteiger partial charge in [-0.2, -0.15) is 0 Å². The van der Waals surface area contributed by atoms with Gasteiger partial charge in [0.1, 0.15) is 0 Å². The second kappa shape index (κ2) is 11.4. The Morgan fingerprint density at radius 2 is 1.60 bits per heavy atom. The van der Waals surface area contributed by atoms with Crippen LogP contribution in [0.25, 0.3) is 11.1 Å². The molecular weight excluding hydrogens is 424 g/mol. The van der Waals surface area contributed by atoms with Gasteiger partial charge in [-0.25, -0.2) is 0 Å². The number of hydrogen-bond donors (Lipinski definition) is 0. The third-order valence-electron chi connectivity index (χ3n) is 8.30. The molecule has 0 aromatic heterocycles. The fraction of sp³-hybridized carbons (Fsp3) is 0.441. The monoisotopic (exact) mass is 466 g/mol. The van der Waals surface area contributed by atoms with E-state index < -0.39 is 0 Å². The van der Waals surface area contributed by atoms with Crippen molar-refractivity contribution in [2.75, 3.05) is 0 Å². The molecule has 0 radical (unpaired) electrons. The highest BCUT2D eigenvalue weighted by Crippen LogP contribution is 2.47. The van der Waals surface area contributed by atoms with Gasteiger partial charge in [-0.3, -0.25) is 4.79 Å². The molecule has 3 aliphatic carbocycles. The first kappa shape index (κ1) is 25.4. The highest BCUT2D eigenvalue weighted by atomic mass is 16.1. The van der Waals surface area contributed by atoms with Crippen molar-refractivity contribution in [3.05, 3.63) is 95.1 Å². The van der Waals surface area contributed by atoms with Crippen LogP contribution < -0.4 is 0 Å². The Morgan fingerprint density at radius 3 is 2.06 bits per heavy atom. The fourth-order valence-corrected chi connectivity index (χ4v) is 5.60. The first-order chi connectivity index (χ1) is 17.0. The minimum atomic E-state index is 0.0505. The molecule has 3 aliphatic rings. The lowest BCUT2D eigenvalue weighted by atomic mass is 9.88. The summed E-state index contributed by atoms with van der Waals surface area (Å²) >= 11 is 0. The van der Waals surface area contributed by atoms with E-state index >= 15 is 0 Å². The largest absolute Gasteiger partial charge is 0.295 e. The molecule has 2 aromatic carbocycles. The first-order valence-electron chi connectivity index (χ1n) is 13.7. The van der Waals surface area contributed by atoms with E-state index in [0.717, 1.165) is 25.2 Å². The van der Waals surface area contributed by atoms with Gasteiger partial charge in [0.2, 0.25) is 0 Å². The third kappa shape index (κ3) is 5.77. The van der Waals surface area contributed by atoms with E-state index in [2.05, 4.69) is 70.3 Å². The Hall–Kier alpha value is -2.67. The average Bonchev–Trinajstić information content (AvgIpc) is 3.60. The van der Waals surface area contributed by atoms with Gasteiger partial charge in [0.05, 0.1) is 0 Å². The summed E-state index contributed by atoms with van der Waals surface area (Å²) in [6.07, 6.45) is 14.3. The van der Waals surface area contributed by atoms with E-state index in [9.17, 15) is 4.79 Å². The van der Waals surface area contributed by atoms with E-state index in [4.69, 9.17) is 0 Å². The van der Waals surface area contributed by atoms with Crippen molar-refractivity contribution >= 4 is 5.78 Å². The maximum Gasteiger partial charge on any atom is 0.158 e. The summed E-state index contributed by atoms with van der Waals surface area (Å²) in [7, 11) is 0. The molecule has 2 saturated carbocycles. The normalized spacial score (nSPS) is 18.4. The van der Waals surface area contributed by atoms with Crippen LogP contribution in [0.1, 0.15) is 93.9 Å². The lowest BCUT2D eigenvalue weighted by molar-refractivity contribution is -0.118. The summed E-state index contributed by atoms with van der Waals surface area (Å²) in [5, 5.41) is 0. The number of carbonyl (C=O) groups excluding carboxylic acids is 1. The molecule has 35 heavy (non-hydrogen) atoms. The van der Waals surface area contributed by atoms with Crippen LogP contribution in [0.15, 0.2) is 72.9 Å². The second-order valence-corrected chi connectivity index (χ2v) is 10.7. The summed E-state index contributed by atoms with van der Waals surface area (Å²) in [6, 6.07) is 14.0. The molecular formula is C34H42O. The molecule has 184 valence electrons. The quantitative estimate of drug-likeness (QED) is 0.337. The van der Waals surface area contributed by atoms with Crippen LogP contribution in [0.5, 0.6) is 0 Å². The Morgan fingerprint density at radius 1 is 0.971 bits per heavy atom. The predicted octanol–water partition coefficient (Wildman–Crippen LogP) is 9.16. The summed E-state index contributed by atoms with van der Waals surface area (Å²) in [4.78, 5) is 12.1. The zero-order valence-electron chi connectivity index (χ0n) is 22.0. The summed E-state index contributed by atoms with van der Waals surface area (Å²) in [5.74, 6) is 1.63. The number of ketones is 1. The molecule has 2 atom stereocenters. The van der Waals surface area contributed by atoms with Crippen molar-refractivity contribution in [2.45, 2.75) is 84.5 Å². The highest BCUT2D eigenvalue weighted by Gasteiger charge is 2.29. The van der Waals surface area contributed by atoms with Gasteiger partial charge >= 0.3 is 0 Å². The van der Waals surface area contributed by atoms with Crippen LogP contribution in [-0.2, 0) is 17.6 Å². The van der Waals surface area contributed by atoms with Crippen molar-refractivity contribution in [3.8, 4) is 11.1 Å². The Bertz CT molecular complexity index is 1120. The maximum atomic E-state index is 12.1. The Kier molecular flexibility index (Phi) is 8.26. The number of benzene rings is 2. The minimum absolute atomic E-state index is 0.0505. The molecule has 1 nitrogen and oxygen atoms in total. The minimum Gasteiger partial charge on any atom is -0.295 e. The Balaban J connectivity index is 0.000000308. The third-order valence-corrected chi connectivity index (χ3v) is 8.30. The molecule has 2 unspecified atom stereocenters. The van der Waals surface area contributed by atoms with E-state index in [1.165, 1.54) is 83.6 Å². The SMILES string of the molecule is C=CC(=O)C(CC)Cc1ccc2c(c1)C(CC)c1cc(CC3CC3)ccc1-2.C=CC(C)=C1CCC1. The molecule has 0 spiro atoms. The number of hydrogen-bond acceptors (Lipinski definition) is 1. The first-order valence-corrected chi connectivity index (χ1v) is 13.7. The highest BCUT2D eigenvalue weighted by molar-refractivity contribution is 5.91. The molecule has 0 bridgehead atoms. The van der Waals surface area contributed by atoms with Gasteiger partial charge in [-0.1, -0.05) is 80.6 Å². The van der Waals surface area contributed by atoms with Gasteiger partial charge in [0, 0.05) is 11.8 Å². The topological polar surface area (TPSA) is 17.1 Å². The number of rotatable bonds is 9. The van der Waals surface area contributed by atoms with Crippen molar-refractivity contribution < 1.29 is 4.79 Å². The van der Waals surface area contributed by atoms with Crippen molar-refractivity contribution in [1.82, 2.24) is 0 Å². The van der Waals surface area contributed by atoms with Crippen LogP contribution in [-0.4, -0.2) is 5.78 Å². The van der Waals surface area contributed by atoms with E-state index in [0.29, 0.717) is 5.92 Å². The van der Waals surface area contributed by atoms with Gasteiger partial charge < -0.3 is 0 Å². The summed E-state index contributed by atoms with van der Waals surface area (Å²) in [5.41, 5.74) is 11.6. The zero-order valence-corrected chi connectivity index (χ0v) is 22.0. The second-order valence-electron chi connectivity index (χ2n) is 10.7. The number of fused-ring (bicyclic) bond motifs is 3. The lowest BCUT2D eigenvalue weighted by Gasteiger charge is -2.17. The fourth-order valence-electron chi connectivity index (χ4n) is 5.60. The summed E-state index contributed by atoms with van der Waals surface area (Å²) < 4.78 is 0. The molecule has 5 rings (SSSR count). The Labute approximate surface area is 213 Å². The predicted molar refractivity (Wildman–Crippen MR) is 150 cm³/mol. The molecule has 0 N–H and O–H groups in total. The van der Waals surface area contributed by atoms with E-state index in [-0.39, 0.29) is 11.7 Å². The van der Waals surface area contributed by atoms with Crippen LogP contribution in [0.2, 0.25) is 0 Å². The number of allylic oxidation sites excluding steroid dienone is 4. The van der Waals surface area contributed by atoms with E-state index in [1.54, 1.807) is 5.57 Å². The lowest BCUT2D eigenvalue weighted by Crippen LogP contribution is -2.14. The molecule has 2 fully saturated rings. The molecule has 0 aliphatic heterocycles.